The van der Waals surface area contributed by atoms with E-state index in [9.17, 15) is 4.21 Å². The fourth-order valence-electron chi connectivity index (χ4n) is 0.728. The van der Waals surface area contributed by atoms with Crippen molar-refractivity contribution >= 4 is 45.9 Å². The van der Waals surface area contributed by atoms with Crippen LogP contribution in [-0.4, -0.2) is 18.3 Å². The number of halogens is 3. The Labute approximate surface area is 89.9 Å². The van der Waals surface area contributed by atoms with E-state index in [4.69, 9.17) is 39.4 Å². The van der Waals surface area contributed by atoms with Crippen LogP contribution < -0.4 is 0 Å². The summed E-state index contributed by atoms with van der Waals surface area (Å²) in [4.78, 5) is 0. The van der Waals surface area contributed by atoms with Gasteiger partial charge in [-0.15, -0.1) is 0 Å². The zero-order chi connectivity index (χ0) is 9.61. The summed E-state index contributed by atoms with van der Waals surface area (Å²) in [7, 11) is 0. The van der Waals surface area contributed by atoms with Gasteiger partial charge in [0.15, 0.2) is 14.9 Å². The molecule has 0 amide bonds. The molecule has 0 heterocycles. The molecule has 12 heavy (non-hydrogen) atoms. The normalized spacial score (nSPS) is 14.7. The zero-order valence-electron chi connectivity index (χ0n) is 6.43. The van der Waals surface area contributed by atoms with Crippen molar-refractivity contribution in [2.24, 2.45) is 0 Å². The largest absolute Gasteiger partial charge is 0.306 e. The molecule has 0 bridgehead atoms. The van der Waals surface area contributed by atoms with Crippen LogP contribution in [0.4, 0.5) is 0 Å². The predicted octanol–water partition coefficient (Wildman–Crippen LogP) is 3.14. The molecule has 1 unspecified atom stereocenters. The summed E-state index contributed by atoms with van der Waals surface area (Å²) in [5, 5.41) is 0. The van der Waals surface area contributed by atoms with Crippen LogP contribution in [0.25, 0.3) is 0 Å². The van der Waals surface area contributed by atoms with Crippen molar-refractivity contribution < 1.29 is 8.76 Å². The molecule has 0 saturated heterocycles. The van der Waals surface area contributed by atoms with Crippen LogP contribution >= 0.6 is 34.8 Å². The standard InChI is InChI=1S/C6H11Cl3O2S/c7-6(8,9)4-2-1-3-5-12(10)11/h1-5H2,(H,10,11). The topological polar surface area (TPSA) is 37.3 Å². The molecule has 0 saturated carbocycles. The molecular formula is C6H11Cl3O2S. The summed E-state index contributed by atoms with van der Waals surface area (Å²) in [6.45, 7) is 0. The molecule has 0 rings (SSSR count). The van der Waals surface area contributed by atoms with Crippen LogP contribution in [0.3, 0.4) is 0 Å². The highest BCUT2D eigenvalue weighted by Crippen LogP contribution is 2.31. The Morgan fingerprint density at radius 1 is 1.17 bits per heavy atom. The fraction of sp³-hybridized carbons (Fsp3) is 1.00. The molecule has 0 aliphatic carbocycles. The first kappa shape index (κ1) is 13.0. The van der Waals surface area contributed by atoms with Crippen molar-refractivity contribution in [3.63, 3.8) is 0 Å². The Kier molecular flexibility index (Phi) is 6.96. The smallest absolute Gasteiger partial charge is 0.190 e. The Morgan fingerprint density at radius 3 is 2.17 bits per heavy atom. The van der Waals surface area contributed by atoms with Crippen LogP contribution in [0, 0.1) is 0 Å². The molecule has 0 aliphatic rings. The molecule has 0 radical (unpaired) electrons. The maximum Gasteiger partial charge on any atom is 0.190 e. The second-order valence-corrected chi connectivity index (χ2v) is 6.02. The third-order valence-electron chi connectivity index (χ3n) is 1.28. The van der Waals surface area contributed by atoms with Crippen molar-refractivity contribution in [3.05, 3.63) is 0 Å². The minimum atomic E-state index is -1.69. The second-order valence-electron chi connectivity index (χ2n) is 2.45. The van der Waals surface area contributed by atoms with Gasteiger partial charge >= 0.3 is 0 Å². The van der Waals surface area contributed by atoms with E-state index in [1.165, 1.54) is 0 Å². The van der Waals surface area contributed by atoms with Gasteiger partial charge in [0.05, 0.1) is 0 Å². The number of rotatable bonds is 5. The Hall–Kier alpha value is 0.980. The Balaban J connectivity index is 3.17. The number of alkyl halides is 3. The van der Waals surface area contributed by atoms with Crippen molar-refractivity contribution in [1.29, 1.82) is 0 Å². The molecule has 0 spiro atoms. The van der Waals surface area contributed by atoms with E-state index in [0.29, 0.717) is 18.6 Å². The highest BCUT2D eigenvalue weighted by Gasteiger charge is 2.17. The molecule has 2 nitrogen and oxygen atoms in total. The first-order valence-electron chi connectivity index (χ1n) is 3.56. The van der Waals surface area contributed by atoms with Gasteiger partial charge < -0.3 is 4.55 Å². The maximum atomic E-state index is 10.2. The van der Waals surface area contributed by atoms with Gasteiger partial charge in [0, 0.05) is 5.75 Å². The molecule has 1 N–H and O–H groups in total. The van der Waals surface area contributed by atoms with E-state index in [2.05, 4.69) is 0 Å². The molecule has 1 atom stereocenters. The van der Waals surface area contributed by atoms with E-state index in [1.807, 2.05) is 0 Å². The monoisotopic (exact) mass is 252 g/mol. The quantitative estimate of drug-likeness (QED) is 0.464. The van der Waals surface area contributed by atoms with E-state index in [-0.39, 0.29) is 0 Å². The molecule has 74 valence electrons. The number of hydrogen-bond donors (Lipinski definition) is 1. The predicted molar refractivity (Wildman–Crippen MR) is 54.4 cm³/mol. The lowest BCUT2D eigenvalue weighted by Gasteiger charge is -2.08. The molecule has 0 aromatic heterocycles. The average Bonchev–Trinajstić information content (AvgIpc) is 1.83. The van der Waals surface area contributed by atoms with Crippen LogP contribution in [0.5, 0.6) is 0 Å². The summed E-state index contributed by atoms with van der Waals surface area (Å²) in [5.41, 5.74) is 0. The van der Waals surface area contributed by atoms with E-state index in [0.717, 1.165) is 12.8 Å². The van der Waals surface area contributed by atoms with Gasteiger partial charge in [0.25, 0.3) is 0 Å². The van der Waals surface area contributed by atoms with Crippen molar-refractivity contribution in [3.8, 4) is 0 Å². The van der Waals surface area contributed by atoms with Gasteiger partial charge in [-0.3, -0.25) is 0 Å². The van der Waals surface area contributed by atoms with Crippen LogP contribution in [0.15, 0.2) is 0 Å². The lowest BCUT2D eigenvalue weighted by molar-refractivity contribution is 0.558. The van der Waals surface area contributed by atoms with E-state index < -0.39 is 14.9 Å². The van der Waals surface area contributed by atoms with Crippen molar-refractivity contribution in [2.75, 3.05) is 5.75 Å². The zero-order valence-corrected chi connectivity index (χ0v) is 9.52. The van der Waals surface area contributed by atoms with Crippen LogP contribution in [0.1, 0.15) is 25.7 Å². The summed E-state index contributed by atoms with van der Waals surface area (Å²) < 4.78 is 17.4. The summed E-state index contributed by atoms with van der Waals surface area (Å²) in [6, 6.07) is 0. The van der Waals surface area contributed by atoms with Gasteiger partial charge in [0.2, 0.25) is 0 Å². The van der Waals surface area contributed by atoms with Gasteiger partial charge in [-0.05, 0) is 19.3 Å². The van der Waals surface area contributed by atoms with Crippen LogP contribution in [-0.2, 0) is 11.1 Å². The third-order valence-corrected chi connectivity index (χ3v) is 2.48. The molecule has 0 aromatic rings. The lowest BCUT2D eigenvalue weighted by Crippen LogP contribution is -2.02. The van der Waals surface area contributed by atoms with Crippen molar-refractivity contribution in [2.45, 2.75) is 29.5 Å². The highest BCUT2D eigenvalue weighted by atomic mass is 35.6. The SMILES string of the molecule is O=S(O)CCCCCC(Cl)(Cl)Cl. The fourth-order valence-corrected chi connectivity index (χ4v) is 1.58. The Morgan fingerprint density at radius 2 is 1.75 bits per heavy atom. The number of unbranched alkanes of at least 4 members (excludes halogenated alkanes) is 2. The lowest BCUT2D eigenvalue weighted by atomic mass is 10.2. The molecule has 0 fully saturated rings. The van der Waals surface area contributed by atoms with Gasteiger partial charge in [-0.2, -0.15) is 0 Å². The third kappa shape index (κ3) is 11.0. The first-order valence-corrected chi connectivity index (χ1v) is 5.97. The van der Waals surface area contributed by atoms with E-state index in [1.54, 1.807) is 0 Å². The van der Waals surface area contributed by atoms with E-state index >= 15 is 0 Å². The minimum Gasteiger partial charge on any atom is -0.306 e. The van der Waals surface area contributed by atoms with Gasteiger partial charge in [0.1, 0.15) is 0 Å². The van der Waals surface area contributed by atoms with Gasteiger partial charge in [-0.1, -0.05) is 41.2 Å². The second kappa shape index (κ2) is 6.44. The van der Waals surface area contributed by atoms with Crippen molar-refractivity contribution in [1.82, 2.24) is 0 Å². The summed E-state index contributed by atoms with van der Waals surface area (Å²) >= 11 is 14.8. The highest BCUT2D eigenvalue weighted by molar-refractivity contribution is 7.79. The summed E-state index contributed by atoms with van der Waals surface area (Å²) in [5.74, 6) is 0.305. The molecule has 6 heteroatoms. The summed E-state index contributed by atoms with van der Waals surface area (Å²) in [6.07, 6.45) is 2.79. The van der Waals surface area contributed by atoms with Crippen LogP contribution in [0.2, 0.25) is 0 Å². The Bertz CT molecular complexity index is 146. The average molecular weight is 254 g/mol. The maximum absolute atomic E-state index is 10.2. The number of hydrogen-bond acceptors (Lipinski definition) is 1. The first-order chi connectivity index (χ1) is 5.42. The molecular weight excluding hydrogens is 242 g/mol. The minimum absolute atomic E-state index is 0.305. The molecule has 0 aliphatic heterocycles. The van der Waals surface area contributed by atoms with Gasteiger partial charge in [-0.25, -0.2) is 4.21 Å². The molecule has 0 aromatic carbocycles.